The number of likely N-dealkylation sites (tertiary alicyclic amines) is 1. The van der Waals surface area contributed by atoms with Gasteiger partial charge in [0.1, 0.15) is 0 Å². The molecule has 0 aromatic rings. The lowest BCUT2D eigenvalue weighted by molar-refractivity contribution is -0.187. The topological polar surface area (TPSA) is 15.3 Å². The monoisotopic (exact) mass is 264 g/mol. The summed E-state index contributed by atoms with van der Waals surface area (Å²) in [6.07, 6.45) is -0.776. The summed E-state index contributed by atoms with van der Waals surface area (Å²) >= 11 is 0. The zero-order valence-electron chi connectivity index (χ0n) is 11.0. The number of hydrogen-bond donors (Lipinski definition) is 1. The van der Waals surface area contributed by atoms with Crippen molar-refractivity contribution in [3.8, 4) is 0 Å². The van der Waals surface area contributed by atoms with Crippen molar-refractivity contribution in [3.63, 3.8) is 0 Å². The molecular weight excluding hydrogens is 241 g/mol. The number of nitrogens with one attached hydrogen (secondary N) is 1. The van der Waals surface area contributed by atoms with Crippen LogP contribution in [0.15, 0.2) is 0 Å². The Bertz CT molecular complexity index is 267. The quantitative estimate of drug-likeness (QED) is 0.825. The summed E-state index contributed by atoms with van der Waals surface area (Å²) in [6.45, 7) is 5.01. The van der Waals surface area contributed by atoms with Gasteiger partial charge in [-0.25, -0.2) is 0 Å². The van der Waals surface area contributed by atoms with Crippen molar-refractivity contribution in [2.45, 2.75) is 44.8 Å². The molecule has 2 heterocycles. The van der Waals surface area contributed by atoms with E-state index in [2.05, 4.69) is 12.2 Å². The van der Waals surface area contributed by atoms with E-state index in [1.165, 1.54) is 6.42 Å². The van der Waals surface area contributed by atoms with E-state index in [4.69, 9.17) is 0 Å². The number of piperidine rings is 2. The third kappa shape index (κ3) is 3.85. The van der Waals surface area contributed by atoms with Crippen molar-refractivity contribution >= 4 is 0 Å². The van der Waals surface area contributed by atoms with Crippen molar-refractivity contribution in [2.75, 3.05) is 26.2 Å². The molecule has 106 valence electrons. The van der Waals surface area contributed by atoms with E-state index in [0.717, 1.165) is 26.1 Å². The molecule has 18 heavy (non-hydrogen) atoms. The molecule has 0 aliphatic carbocycles. The van der Waals surface area contributed by atoms with Gasteiger partial charge in [-0.15, -0.1) is 0 Å². The maximum absolute atomic E-state index is 12.7. The Morgan fingerprint density at radius 2 is 2.06 bits per heavy atom. The first-order valence-corrected chi connectivity index (χ1v) is 6.97. The predicted octanol–water partition coefficient (Wildman–Crippen LogP) is 2.65. The first kappa shape index (κ1) is 14.1. The molecule has 2 saturated heterocycles. The van der Waals surface area contributed by atoms with E-state index in [9.17, 15) is 13.2 Å². The lowest BCUT2D eigenvalue weighted by Crippen LogP contribution is -2.49. The molecule has 5 heteroatoms. The summed E-state index contributed by atoms with van der Waals surface area (Å²) in [5.41, 5.74) is 0. The SMILES string of the molecule is CC1CCNC(CN2CCCC(C(F)(F)F)C2)C1. The zero-order chi connectivity index (χ0) is 13.2. The van der Waals surface area contributed by atoms with E-state index in [-0.39, 0.29) is 6.54 Å². The summed E-state index contributed by atoms with van der Waals surface area (Å²) in [4.78, 5) is 2.00. The summed E-state index contributed by atoms with van der Waals surface area (Å²) < 4.78 is 38.1. The summed E-state index contributed by atoms with van der Waals surface area (Å²) in [6, 6.07) is 0.376. The standard InChI is InChI=1S/C13H23F3N2/c1-10-4-5-17-12(7-10)9-18-6-2-3-11(8-18)13(14,15)16/h10-12,17H,2-9H2,1H3. The largest absolute Gasteiger partial charge is 0.393 e. The Kier molecular flexibility index (Phi) is 4.54. The molecular formula is C13H23F3N2. The minimum Gasteiger partial charge on any atom is -0.313 e. The number of alkyl halides is 3. The fourth-order valence-electron chi connectivity index (χ4n) is 3.16. The first-order chi connectivity index (χ1) is 8.45. The maximum Gasteiger partial charge on any atom is 0.393 e. The highest BCUT2D eigenvalue weighted by Crippen LogP contribution is 2.33. The van der Waals surface area contributed by atoms with Gasteiger partial charge in [-0.3, -0.25) is 0 Å². The molecule has 1 N–H and O–H groups in total. The van der Waals surface area contributed by atoms with Crippen molar-refractivity contribution in [1.82, 2.24) is 10.2 Å². The van der Waals surface area contributed by atoms with Crippen LogP contribution in [0.5, 0.6) is 0 Å². The highest BCUT2D eigenvalue weighted by Gasteiger charge is 2.42. The number of rotatable bonds is 2. The highest BCUT2D eigenvalue weighted by molar-refractivity contribution is 4.83. The summed E-state index contributed by atoms with van der Waals surface area (Å²) in [5, 5.41) is 3.43. The molecule has 0 saturated carbocycles. The van der Waals surface area contributed by atoms with E-state index < -0.39 is 12.1 Å². The van der Waals surface area contributed by atoms with Crippen LogP contribution in [0, 0.1) is 11.8 Å². The second-order valence-corrected chi connectivity index (χ2v) is 5.92. The van der Waals surface area contributed by atoms with Crippen LogP contribution in [-0.2, 0) is 0 Å². The van der Waals surface area contributed by atoms with Gasteiger partial charge < -0.3 is 10.2 Å². The van der Waals surface area contributed by atoms with Gasteiger partial charge in [0, 0.05) is 19.1 Å². The van der Waals surface area contributed by atoms with Crippen LogP contribution >= 0.6 is 0 Å². The Balaban J connectivity index is 1.82. The minimum absolute atomic E-state index is 0.191. The number of halogens is 3. The second kappa shape index (κ2) is 5.78. The van der Waals surface area contributed by atoms with Gasteiger partial charge in [0.25, 0.3) is 0 Å². The fraction of sp³-hybridized carbons (Fsp3) is 1.00. The van der Waals surface area contributed by atoms with E-state index in [1.54, 1.807) is 0 Å². The predicted molar refractivity (Wildman–Crippen MR) is 65.4 cm³/mol. The third-order valence-electron chi connectivity index (χ3n) is 4.20. The van der Waals surface area contributed by atoms with Crippen molar-refractivity contribution in [2.24, 2.45) is 11.8 Å². The van der Waals surface area contributed by atoms with Gasteiger partial charge in [0.15, 0.2) is 0 Å². The van der Waals surface area contributed by atoms with E-state index >= 15 is 0 Å². The van der Waals surface area contributed by atoms with Crippen LogP contribution in [0.4, 0.5) is 13.2 Å². The molecule has 0 spiro atoms. The molecule has 0 radical (unpaired) electrons. The molecule has 0 aromatic carbocycles. The van der Waals surface area contributed by atoms with Gasteiger partial charge in [0.05, 0.1) is 5.92 Å². The van der Waals surface area contributed by atoms with Crippen molar-refractivity contribution in [1.29, 1.82) is 0 Å². The smallest absolute Gasteiger partial charge is 0.313 e. The van der Waals surface area contributed by atoms with Crippen LogP contribution in [-0.4, -0.2) is 43.3 Å². The molecule has 0 aromatic heterocycles. The fourth-order valence-corrected chi connectivity index (χ4v) is 3.16. The van der Waals surface area contributed by atoms with Crippen LogP contribution in [0.2, 0.25) is 0 Å². The first-order valence-electron chi connectivity index (χ1n) is 6.97. The zero-order valence-corrected chi connectivity index (χ0v) is 11.0. The number of hydrogen-bond acceptors (Lipinski definition) is 2. The normalized spacial score (nSPS) is 35.7. The average Bonchev–Trinajstić information content (AvgIpc) is 2.28. The van der Waals surface area contributed by atoms with Gasteiger partial charge in [-0.2, -0.15) is 13.2 Å². The van der Waals surface area contributed by atoms with Crippen LogP contribution < -0.4 is 5.32 Å². The Morgan fingerprint density at radius 3 is 2.72 bits per heavy atom. The van der Waals surface area contributed by atoms with Crippen LogP contribution in [0.1, 0.15) is 32.6 Å². The van der Waals surface area contributed by atoms with Gasteiger partial charge >= 0.3 is 6.18 Å². The Morgan fingerprint density at radius 1 is 1.28 bits per heavy atom. The van der Waals surface area contributed by atoms with Gasteiger partial charge in [-0.1, -0.05) is 6.92 Å². The molecule has 2 rings (SSSR count). The average molecular weight is 264 g/mol. The lowest BCUT2D eigenvalue weighted by Gasteiger charge is -2.38. The molecule has 0 bridgehead atoms. The van der Waals surface area contributed by atoms with Crippen LogP contribution in [0.25, 0.3) is 0 Å². The minimum atomic E-state index is -4.02. The Labute approximate surface area is 107 Å². The van der Waals surface area contributed by atoms with Crippen LogP contribution in [0.3, 0.4) is 0 Å². The lowest BCUT2D eigenvalue weighted by atomic mass is 9.92. The molecule has 2 nitrogen and oxygen atoms in total. The number of nitrogens with zero attached hydrogens (tertiary/aromatic N) is 1. The molecule has 0 amide bonds. The van der Waals surface area contributed by atoms with Crippen molar-refractivity contribution < 1.29 is 13.2 Å². The van der Waals surface area contributed by atoms with Gasteiger partial charge in [-0.05, 0) is 44.7 Å². The molecule has 2 aliphatic heterocycles. The molecule has 2 aliphatic rings. The third-order valence-corrected chi connectivity index (χ3v) is 4.20. The molecule has 3 atom stereocenters. The molecule has 2 fully saturated rings. The van der Waals surface area contributed by atoms with E-state index in [1.807, 2.05) is 4.90 Å². The highest BCUT2D eigenvalue weighted by atomic mass is 19.4. The van der Waals surface area contributed by atoms with Gasteiger partial charge in [0.2, 0.25) is 0 Å². The second-order valence-electron chi connectivity index (χ2n) is 5.92. The maximum atomic E-state index is 12.7. The van der Waals surface area contributed by atoms with Crippen molar-refractivity contribution in [3.05, 3.63) is 0 Å². The Hall–Kier alpha value is -0.290. The van der Waals surface area contributed by atoms with E-state index in [0.29, 0.717) is 24.8 Å². The summed E-state index contributed by atoms with van der Waals surface area (Å²) in [7, 11) is 0. The summed E-state index contributed by atoms with van der Waals surface area (Å²) in [5.74, 6) is -0.424. The molecule has 3 unspecified atom stereocenters.